The molecule has 0 aliphatic rings. The highest BCUT2D eigenvalue weighted by Crippen LogP contribution is 2.23. The molecule has 0 radical (unpaired) electrons. The van der Waals surface area contributed by atoms with E-state index in [4.69, 9.17) is 9.47 Å². The van der Waals surface area contributed by atoms with Crippen molar-refractivity contribution >= 4 is 22.7 Å². The number of aromatic nitrogens is 1. The summed E-state index contributed by atoms with van der Waals surface area (Å²) in [6.45, 7) is 0.721. The van der Waals surface area contributed by atoms with Crippen molar-refractivity contribution in [2.24, 2.45) is 0 Å². The second-order valence-corrected chi connectivity index (χ2v) is 10.3. The molecule has 220 valence electrons. The van der Waals surface area contributed by atoms with E-state index in [1.807, 2.05) is 48.7 Å². The van der Waals surface area contributed by atoms with Gasteiger partial charge in [-0.15, -0.1) is 0 Å². The molecule has 0 aliphatic heterocycles. The van der Waals surface area contributed by atoms with Gasteiger partial charge in [0.05, 0.1) is 14.2 Å². The first-order valence-electron chi connectivity index (χ1n) is 14.1. The normalized spacial score (nSPS) is 10.9. The van der Waals surface area contributed by atoms with Gasteiger partial charge < -0.3 is 24.3 Å². The highest BCUT2D eigenvalue weighted by atomic mass is 19.1. The lowest BCUT2D eigenvalue weighted by Gasteiger charge is -2.28. The molecular formula is C35H34FN3O4. The van der Waals surface area contributed by atoms with Gasteiger partial charge in [-0.3, -0.25) is 9.59 Å². The van der Waals surface area contributed by atoms with Crippen LogP contribution >= 0.6 is 0 Å². The van der Waals surface area contributed by atoms with Gasteiger partial charge in [0, 0.05) is 47.9 Å². The fourth-order valence-electron chi connectivity index (χ4n) is 5.11. The third-order valence-electron chi connectivity index (χ3n) is 7.47. The molecule has 5 aromatic rings. The molecule has 0 saturated carbocycles. The number of aromatic amines is 1. The number of carbonyl (C=O) groups is 2. The number of benzene rings is 4. The van der Waals surface area contributed by atoms with E-state index in [-0.39, 0.29) is 30.7 Å². The lowest BCUT2D eigenvalue weighted by Crippen LogP contribution is -2.43. The monoisotopic (exact) mass is 579 g/mol. The number of ether oxygens (including phenoxy) is 2. The molecule has 0 fully saturated rings. The molecule has 0 bridgehead atoms. The van der Waals surface area contributed by atoms with Crippen LogP contribution in [0.1, 0.15) is 27.0 Å². The van der Waals surface area contributed by atoms with Gasteiger partial charge in [0.25, 0.3) is 5.91 Å². The van der Waals surface area contributed by atoms with Gasteiger partial charge >= 0.3 is 0 Å². The Kier molecular flexibility index (Phi) is 9.36. The van der Waals surface area contributed by atoms with E-state index in [9.17, 15) is 14.0 Å². The lowest BCUT2D eigenvalue weighted by molar-refractivity contribution is -0.132. The zero-order chi connectivity index (χ0) is 30.2. The third kappa shape index (κ3) is 7.22. The Labute approximate surface area is 250 Å². The number of methoxy groups -OCH3 is 2. The van der Waals surface area contributed by atoms with Gasteiger partial charge in [0.2, 0.25) is 5.91 Å². The molecule has 7 nitrogen and oxygen atoms in total. The van der Waals surface area contributed by atoms with Gasteiger partial charge in [-0.25, -0.2) is 4.39 Å². The van der Waals surface area contributed by atoms with Gasteiger partial charge in [-0.1, -0.05) is 48.5 Å². The van der Waals surface area contributed by atoms with E-state index in [1.165, 1.54) is 17.0 Å². The number of para-hydroxylation sites is 2. The zero-order valence-electron chi connectivity index (χ0n) is 24.3. The molecule has 1 aromatic heterocycles. The molecule has 5 rings (SSSR count). The Morgan fingerprint density at radius 1 is 0.767 bits per heavy atom. The molecule has 1 heterocycles. The van der Waals surface area contributed by atoms with Crippen LogP contribution in [-0.4, -0.2) is 53.9 Å². The molecule has 0 aliphatic carbocycles. The molecule has 0 unspecified atom stereocenters. The predicted molar refractivity (Wildman–Crippen MR) is 165 cm³/mol. The van der Waals surface area contributed by atoms with Crippen molar-refractivity contribution in [3.63, 3.8) is 0 Å². The SMILES string of the molecule is COc1ccc(C(=O)N(CC(=O)N(CCc2c[nH]c3ccccc23)Cc2ccccc2OC)Cc2ccc(F)cc2)cc1. The van der Waals surface area contributed by atoms with Crippen LogP contribution in [0.15, 0.2) is 103 Å². The van der Waals surface area contributed by atoms with Gasteiger partial charge in [-0.05, 0) is 66.1 Å². The Bertz CT molecular complexity index is 1680. The highest BCUT2D eigenvalue weighted by Gasteiger charge is 2.24. The summed E-state index contributed by atoms with van der Waals surface area (Å²) in [5, 5.41) is 1.11. The number of hydrogen-bond donors (Lipinski definition) is 1. The summed E-state index contributed by atoms with van der Waals surface area (Å²) in [6, 6.07) is 28.4. The van der Waals surface area contributed by atoms with Crippen LogP contribution < -0.4 is 9.47 Å². The zero-order valence-corrected chi connectivity index (χ0v) is 24.3. The number of rotatable bonds is 12. The summed E-state index contributed by atoms with van der Waals surface area (Å²) in [5.74, 6) is 0.417. The topological polar surface area (TPSA) is 74.9 Å². The second-order valence-electron chi connectivity index (χ2n) is 10.3. The average molecular weight is 580 g/mol. The summed E-state index contributed by atoms with van der Waals surface area (Å²) in [4.78, 5) is 34.4. The Morgan fingerprint density at radius 3 is 2.23 bits per heavy atom. The Morgan fingerprint density at radius 2 is 1.49 bits per heavy atom. The third-order valence-corrected chi connectivity index (χ3v) is 7.47. The van der Waals surface area contributed by atoms with Crippen molar-refractivity contribution in [3.8, 4) is 11.5 Å². The van der Waals surface area contributed by atoms with E-state index in [0.29, 0.717) is 42.1 Å². The maximum absolute atomic E-state index is 14.1. The fraction of sp³-hybridized carbons (Fsp3) is 0.200. The van der Waals surface area contributed by atoms with Crippen LogP contribution in [-0.2, 0) is 24.3 Å². The second kappa shape index (κ2) is 13.7. The summed E-state index contributed by atoms with van der Waals surface area (Å²) >= 11 is 0. The van der Waals surface area contributed by atoms with Crippen molar-refractivity contribution in [2.45, 2.75) is 19.5 Å². The first-order valence-corrected chi connectivity index (χ1v) is 14.1. The molecular weight excluding hydrogens is 545 g/mol. The molecule has 43 heavy (non-hydrogen) atoms. The minimum atomic E-state index is -0.367. The largest absolute Gasteiger partial charge is 0.497 e. The first-order chi connectivity index (χ1) is 20.9. The number of fused-ring (bicyclic) bond motifs is 1. The molecule has 0 spiro atoms. The van der Waals surface area contributed by atoms with E-state index in [2.05, 4.69) is 11.1 Å². The minimum Gasteiger partial charge on any atom is -0.497 e. The van der Waals surface area contributed by atoms with Crippen LogP contribution in [0.3, 0.4) is 0 Å². The maximum atomic E-state index is 14.1. The summed E-state index contributed by atoms with van der Waals surface area (Å²) in [5.41, 5.74) is 4.14. The number of amides is 2. The number of nitrogens with one attached hydrogen (secondary N) is 1. The van der Waals surface area contributed by atoms with Crippen molar-refractivity contribution in [1.29, 1.82) is 0 Å². The van der Waals surface area contributed by atoms with Crippen molar-refractivity contribution in [3.05, 3.63) is 131 Å². The number of halogens is 1. The van der Waals surface area contributed by atoms with Crippen LogP contribution in [0.2, 0.25) is 0 Å². The van der Waals surface area contributed by atoms with Gasteiger partial charge in [0.15, 0.2) is 0 Å². The number of carbonyl (C=O) groups excluding carboxylic acids is 2. The number of hydrogen-bond acceptors (Lipinski definition) is 4. The molecule has 2 amide bonds. The lowest BCUT2D eigenvalue weighted by atomic mass is 10.1. The minimum absolute atomic E-state index is 0.141. The van der Waals surface area contributed by atoms with Crippen molar-refractivity contribution in [1.82, 2.24) is 14.8 Å². The maximum Gasteiger partial charge on any atom is 0.254 e. The van der Waals surface area contributed by atoms with Gasteiger partial charge in [0.1, 0.15) is 23.9 Å². The van der Waals surface area contributed by atoms with Crippen LogP contribution in [0.25, 0.3) is 10.9 Å². The van der Waals surface area contributed by atoms with E-state index in [1.54, 1.807) is 55.5 Å². The van der Waals surface area contributed by atoms with Gasteiger partial charge in [-0.2, -0.15) is 0 Å². The van der Waals surface area contributed by atoms with Crippen LogP contribution in [0, 0.1) is 5.82 Å². The average Bonchev–Trinajstić information content (AvgIpc) is 3.46. The molecule has 1 N–H and O–H groups in total. The molecule has 8 heteroatoms. The highest BCUT2D eigenvalue weighted by molar-refractivity contribution is 5.96. The molecule has 4 aromatic carbocycles. The smallest absolute Gasteiger partial charge is 0.254 e. The molecule has 0 saturated heterocycles. The van der Waals surface area contributed by atoms with Crippen LogP contribution in [0.5, 0.6) is 11.5 Å². The van der Waals surface area contributed by atoms with Crippen LogP contribution in [0.4, 0.5) is 4.39 Å². The summed E-state index contributed by atoms with van der Waals surface area (Å²) < 4.78 is 24.4. The Balaban J connectivity index is 1.42. The standard InChI is InChI=1S/C35H34FN3O4/c1-42-30-17-13-26(14-18-30)35(41)39(22-25-11-15-29(36)16-12-25)24-34(40)38(23-28-7-3-6-10-33(28)43-2)20-19-27-21-37-32-9-5-4-8-31(27)32/h3-18,21,37H,19-20,22-24H2,1-2H3. The Hall–Kier alpha value is -5.11. The number of nitrogens with zero attached hydrogens (tertiary/aromatic N) is 2. The van der Waals surface area contributed by atoms with E-state index >= 15 is 0 Å². The predicted octanol–water partition coefficient (Wildman–Crippen LogP) is 6.24. The van der Waals surface area contributed by atoms with Crippen molar-refractivity contribution < 1.29 is 23.5 Å². The summed E-state index contributed by atoms with van der Waals surface area (Å²) in [7, 11) is 3.16. The quantitative estimate of drug-likeness (QED) is 0.190. The summed E-state index contributed by atoms with van der Waals surface area (Å²) in [6.07, 6.45) is 2.60. The van der Waals surface area contributed by atoms with E-state index in [0.717, 1.165) is 22.0 Å². The van der Waals surface area contributed by atoms with Crippen molar-refractivity contribution in [2.75, 3.05) is 27.3 Å². The first kappa shape index (κ1) is 29.4. The fourth-order valence-corrected chi connectivity index (χ4v) is 5.11. The molecule has 0 atom stereocenters. The number of H-pyrrole nitrogens is 1. The van der Waals surface area contributed by atoms with E-state index < -0.39 is 0 Å².